The van der Waals surface area contributed by atoms with Crippen LogP contribution < -0.4 is 10.8 Å². The van der Waals surface area contributed by atoms with E-state index in [0.29, 0.717) is 12.1 Å². The SMILES string of the molecule is CCNC(=O)c1ccc(B(O)O)cc1Cl. The normalized spacial score (nSPS) is 9.87. The summed E-state index contributed by atoms with van der Waals surface area (Å²) in [6.07, 6.45) is 0. The standard InChI is InChI=1S/C9H11BClNO3/c1-2-12-9(13)7-4-3-6(10(14)15)5-8(7)11/h3-5,14-15H,2H2,1H3,(H,12,13). The van der Waals surface area contributed by atoms with Crippen LogP contribution in [0.5, 0.6) is 0 Å². The molecule has 0 heterocycles. The van der Waals surface area contributed by atoms with E-state index in [-0.39, 0.29) is 16.4 Å². The van der Waals surface area contributed by atoms with E-state index in [9.17, 15) is 4.79 Å². The molecule has 0 bridgehead atoms. The van der Waals surface area contributed by atoms with Crippen LogP contribution in [0.25, 0.3) is 0 Å². The lowest BCUT2D eigenvalue weighted by atomic mass is 9.80. The molecule has 0 aliphatic heterocycles. The van der Waals surface area contributed by atoms with Crippen LogP contribution in [-0.4, -0.2) is 29.6 Å². The lowest BCUT2D eigenvalue weighted by molar-refractivity contribution is 0.0956. The smallest absolute Gasteiger partial charge is 0.423 e. The summed E-state index contributed by atoms with van der Waals surface area (Å²) in [5.74, 6) is -0.276. The second kappa shape index (κ2) is 5.16. The van der Waals surface area contributed by atoms with Crippen molar-refractivity contribution in [3.63, 3.8) is 0 Å². The van der Waals surface area contributed by atoms with Gasteiger partial charge in [0.1, 0.15) is 0 Å². The minimum Gasteiger partial charge on any atom is -0.423 e. The van der Waals surface area contributed by atoms with Gasteiger partial charge in [0.05, 0.1) is 10.6 Å². The summed E-state index contributed by atoms with van der Waals surface area (Å²) >= 11 is 5.82. The van der Waals surface area contributed by atoms with Crippen LogP contribution in [-0.2, 0) is 0 Å². The molecule has 0 unspecified atom stereocenters. The Morgan fingerprint density at radius 2 is 2.20 bits per heavy atom. The summed E-state index contributed by atoms with van der Waals surface area (Å²) < 4.78 is 0. The highest BCUT2D eigenvalue weighted by Crippen LogP contribution is 2.13. The van der Waals surface area contributed by atoms with Gasteiger partial charge in [0.2, 0.25) is 0 Å². The highest BCUT2D eigenvalue weighted by Gasteiger charge is 2.15. The van der Waals surface area contributed by atoms with Gasteiger partial charge < -0.3 is 15.4 Å². The summed E-state index contributed by atoms with van der Waals surface area (Å²) in [4.78, 5) is 11.4. The van der Waals surface area contributed by atoms with Crippen molar-refractivity contribution in [3.05, 3.63) is 28.8 Å². The van der Waals surface area contributed by atoms with Crippen LogP contribution in [0.15, 0.2) is 18.2 Å². The van der Waals surface area contributed by atoms with Crippen LogP contribution in [0.4, 0.5) is 0 Å². The van der Waals surface area contributed by atoms with Crippen LogP contribution in [0.3, 0.4) is 0 Å². The molecular weight excluding hydrogens is 216 g/mol. The van der Waals surface area contributed by atoms with E-state index in [1.807, 2.05) is 0 Å². The van der Waals surface area contributed by atoms with Crippen LogP contribution in [0, 0.1) is 0 Å². The van der Waals surface area contributed by atoms with Crippen LogP contribution in [0.2, 0.25) is 5.02 Å². The Morgan fingerprint density at radius 3 is 2.67 bits per heavy atom. The van der Waals surface area contributed by atoms with Crippen molar-refractivity contribution in [1.29, 1.82) is 0 Å². The fraction of sp³-hybridized carbons (Fsp3) is 0.222. The molecule has 0 radical (unpaired) electrons. The van der Waals surface area contributed by atoms with Crippen LogP contribution >= 0.6 is 11.6 Å². The summed E-state index contributed by atoms with van der Waals surface area (Å²) in [6, 6.07) is 4.26. The largest absolute Gasteiger partial charge is 0.488 e. The van der Waals surface area contributed by atoms with Gasteiger partial charge in [-0.15, -0.1) is 0 Å². The second-order valence-electron chi connectivity index (χ2n) is 2.97. The molecule has 3 N–H and O–H groups in total. The Morgan fingerprint density at radius 1 is 1.53 bits per heavy atom. The number of hydrogen-bond donors (Lipinski definition) is 3. The van der Waals surface area contributed by atoms with Crippen molar-refractivity contribution in [2.24, 2.45) is 0 Å². The lowest BCUT2D eigenvalue weighted by Crippen LogP contribution is -2.30. The molecule has 1 aromatic rings. The maximum Gasteiger partial charge on any atom is 0.488 e. The topological polar surface area (TPSA) is 69.6 Å². The maximum absolute atomic E-state index is 11.4. The molecule has 4 nitrogen and oxygen atoms in total. The summed E-state index contributed by atoms with van der Waals surface area (Å²) in [5.41, 5.74) is 0.580. The van der Waals surface area contributed by atoms with Gasteiger partial charge in [-0.05, 0) is 24.5 Å². The molecule has 0 spiro atoms. The molecular formula is C9H11BClNO3. The third-order valence-electron chi connectivity index (χ3n) is 1.87. The number of hydrogen-bond acceptors (Lipinski definition) is 3. The minimum absolute atomic E-state index is 0.201. The number of carbonyl (C=O) groups excluding carboxylic acids is 1. The molecule has 0 atom stereocenters. The van der Waals surface area contributed by atoms with Crippen molar-refractivity contribution in [2.75, 3.05) is 6.54 Å². The maximum atomic E-state index is 11.4. The molecule has 1 amide bonds. The Balaban J connectivity index is 2.98. The fourth-order valence-corrected chi connectivity index (χ4v) is 1.41. The minimum atomic E-state index is -1.58. The van der Waals surface area contributed by atoms with Crippen molar-refractivity contribution in [2.45, 2.75) is 6.92 Å². The molecule has 1 rings (SSSR count). The zero-order valence-corrected chi connectivity index (χ0v) is 8.95. The summed E-state index contributed by atoms with van der Waals surface area (Å²) in [6.45, 7) is 2.32. The van der Waals surface area contributed by atoms with Gasteiger partial charge >= 0.3 is 7.12 Å². The van der Waals surface area contributed by atoms with Gasteiger partial charge in [-0.3, -0.25) is 4.79 Å². The van der Waals surface area contributed by atoms with E-state index >= 15 is 0 Å². The highest BCUT2D eigenvalue weighted by molar-refractivity contribution is 6.59. The van der Waals surface area contributed by atoms with Crippen molar-refractivity contribution in [3.8, 4) is 0 Å². The molecule has 6 heteroatoms. The summed E-state index contributed by atoms with van der Waals surface area (Å²) in [7, 11) is -1.58. The van der Waals surface area contributed by atoms with Crippen molar-refractivity contribution < 1.29 is 14.8 Å². The van der Waals surface area contributed by atoms with Crippen molar-refractivity contribution >= 4 is 30.1 Å². The number of nitrogens with one attached hydrogen (secondary N) is 1. The number of halogens is 1. The number of rotatable bonds is 3. The predicted octanol–water partition coefficient (Wildman–Crippen LogP) is -0.231. The first-order valence-electron chi connectivity index (χ1n) is 4.50. The Bertz CT molecular complexity index is 370. The molecule has 1 aromatic carbocycles. The average molecular weight is 227 g/mol. The van der Waals surface area contributed by atoms with E-state index in [4.69, 9.17) is 21.6 Å². The highest BCUT2D eigenvalue weighted by atomic mass is 35.5. The first kappa shape index (κ1) is 12.0. The molecule has 0 saturated heterocycles. The fourth-order valence-electron chi connectivity index (χ4n) is 1.13. The van der Waals surface area contributed by atoms with Gasteiger partial charge in [0.15, 0.2) is 0 Å². The Hall–Kier alpha value is -1.04. The zero-order valence-electron chi connectivity index (χ0n) is 8.20. The lowest BCUT2D eigenvalue weighted by Gasteiger charge is -2.06. The first-order chi connectivity index (χ1) is 7.06. The van der Waals surface area contributed by atoms with E-state index in [0.717, 1.165) is 0 Å². The molecule has 0 fully saturated rings. The van der Waals surface area contributed by atoms with E-state index < -0.39 is 7.12 Å². The second-order valence-corrected chi connectivity index (χ2v) is 3.38. The Labute approximate surface area is 93.0 Å². The predicted molar refractivity (Wildman–Crippen MR) is 59.3 cm³/mol. The molecule has 80 valence electrons. The third kappa shape index (κ3) is 2.96. The van der Waals surface area contributed by atoms with E-state index in [2.05, 4.69) is 5.32 Å². The molecule has 0 saturated carbocycles. The molecule has 15 heavy (non-hydrogen) atoms. The van der Waals surface area contributed by atoms with Crippen molar-refractivity contribution in [1.82, 2.24) is 5.32 Å². The number of carbonyl (C=O) groups is 1. The van der Waals surface area contributed by atoms with Gasteiger partial charge in [0.25, 0.3) is 5.91 Å². The zero-order chi connectivity index (χ0) is 11.4. The molecule has 0 aliphatic carbocycles. The summed E-state index contributed by atoms with van der Waals surface area (Å²) in [5, 5.41) is 20.6. The van der Waals surface area contributed by atoms with E-state index in [1.54, 1.807) is 6.92 Å². The van der Waals surface area contributed by atoms with Gasteiger partial charge in [0, 0.05) is 6.54 Å². The van der Waals surface area contributed by atoms with E-state index in [1.165, 1.54) is 18.2 Å². The Kier molecular flexibility index (Phi) is 4.14. The van der Waals surface area contributed by atoms with Gasteiger partial charge in [-0.25, -0.2) is 0 Å². The number of amides is 1. The van der Waals surface area contributed by atoms with Gasteiger partial charge in [-0.1, -0.05) is 17.7 Å². The number of benzene rings is 1. The monoisotopic (exact) mass is 227 g/mol. The molecule has 0 aliphatic rings. The first-order valence-corrected chi connectivity index (χ1v) is 4.87. The molecule has 0 aromatic heterocycles. The van der Waals surface area contributed by atoms with Gasteiger partial charge in [-0.2, -0.15) is 0 Å². The third-order valence-corrected chi connectivity index (χ3v) is 2.19. The average Bonchev–Trinajstić information content (AvgIpc) is 2.17. The van der Waals surface area contributed by atoms with Crippen LogP contribution in [0.1, 0.15) is 17.3 Å². The quantitative estimate of drug-likeness (QED) is 0.625.